The van der Waals surface area contributed by atoms with Gasteiger partial charge in [-0.05, 0) is 41.8 Å². The summed E-state index contributed by atoms with van der Waals surface area (Å²) in [5.41, 5.74) is 2.70. The highest BCUT2D eigenvalue weighted by atomic mass is 35.5. The lowest BCUT2D eigenvalue weighted by atomic mass is 9.64. The second-order valence-corrected chi connectivity index (χ2v) is 11.4. The normalized spacial score (nSPS) is 20.2. The minimum atomic E-state index is -1.36. The van der Waals surface area contributed by atoms with E-state index >= 15 is 0 Å². The fourth-order valence-electron chi connectivity index (χ4n) is 6.75. The van der Waals surface area contributed by atoms with Crippen LogP contribution in [0.2, 0.25) is 5.02 Å². The summed E-state index contributed by atoms with van der Waals surface area (Å²) < 4.78 is 6.16. The lowest BCUT2D eigenvalue weighted by Gasteiger charge is -2.52. The smallest absolute Gasteiger partial charge is 0.336 e. The summed E-state index contributed by atoms with van der Waals surface area (Å²) in [4.78, 5) is 37.3. The van der Waals surface area contributed by atoms with E-state index in [1.54, 1.807) is 24.3 Å². The Hall–Kier alpha value is -4.95. The van der Waals surface area contributed by atoms with Crippen LogP contribution in [0.15, 0.2) is 106 Å². The van der Waals surface area contributed by atoms with Gasteiger partial charge >= 0.3 is 5.97 Å². The van der Waals surface area contributed by atoms with Gasteiger partial charge in [0.2, 0.25) is 5.43 Å². The maximum absolute atomic E-state index is 12.5. The van der Waals surface area contributed by atoms with Crippen LogP contribution in [0.1, 0.15) is 45.1 Å². The Bertz CT molecular complexity index is 2150. The number of carboxylic acid groups (broad SMARTS) is 1. The van der Waals surface area contributed by atoms with Crippen LogP contribution < -0.4 is 5.43 Å². The summed E-state index contributed by atoms with van der Waals surface area (Å²) in [5.74, 6) is -1.06. The summed E-state index contributed by atoms with van der Waals surface area (Å²) in [6.45, 7) is 1.95. The Balaban J connectivity index is 1.54. The fourth-order valence-corrected chi connectivity index (χ4v) is 6.91. The average molecular weight is 589 g/mol. The molecule has 3 heterocycles. The first-order chi connectivity index (χ1) is 20.7. The van der Waals surface area contributed by atoms with Crippen molar-refractivity contribution in [1.82, 2.24) is 0 Å². The molecular formula is C35H21ClO7. The number of phenols is 1. The van der Waals surface area contributed by atoms with Crippen molar-refractivity contribution in [2.75, 3.05) is 0 Å². The third-order valence-electron chi connectivity index (χ3n) is 8.67. The predicted octanol–water partition coefficient (Wildman–Crippen LogP) is 7.45. The number of hydrogen-bond donors (Lipinski definition) is 2. The van der Waals surface area contributed by atoms with Gasteiger partial charge in [0.15, 0.2) is 11.2 Å². The molecule has 5 aliphatic rings. The Morgan fingerprint density at radius 3 is 2.07 bits per heavy atom. The van der Waals surface area contributed by atoms with Gasteiger partial charge < -0.3 is 14.6 Å². The van der Waals surface area contributed by atoms with Gasteiger partial charge in [0, 0.05) is 45.3 Å². The number of halogens is 1. The van der Waals surface area contributed by atoms with Crippen LogP contribution in [0.4, 0.5) is 0 Å². The average Bonchev–Trinajstić information content (AvgIpc) is 3.01. The van der Waals surface area contributed by atoms with Gasteiger partial charge in [0.1, 0.15) is 17.1 Å². The van der Waals surface area contributed by atoms with E-state index in [9.17, 15) is 19.8 Å². The number of carboxylic acids is 1. The molecule has 0 spiro atoms. The molecule has 8 heteroatoms. The molecule has 0 radical (unpaired) electrons. The number of fused-ring (bicyclic) bond motifs is 3. The van der Waals surface area contributed by atoms with Crippen molar-refractivity contribution in [1.29, 1.82) is 0 Å². The summed E-state index contributed by atoms with van der Waals surface area (Å²) in [7, 11) is 0. The van der Waals surface area contributed by atoms with Gasteiger partial charge in [-0.1, -0.05) is 78.3 Å². The van der Waals surface area contributed by atoms with E-state index in [-0.39, 0.29) is 27.7 Å². The minimum absolute atomic E-state index is 0.0351. The van der Waals surface area contributed by atoms with Crippen LogP contribution in [0.5, 0.6) is 5.75 Å². The SMILES string of the molecule is CC12OOC(c3cc4c(-c5ccccc5C(=O)O)c5cc(Cl)c(=O)cc-5oc4cc3O)(c3ccccc31)c1ccccc12. The highest BCUT2D eigenvalue weighted by Crippen LogP contribution is 2.60. The first-order valence-corrected chi connectivity index (χ1v) is 13.9. The minimum Gasteiger partial charge on any atom is -0.507 e. The maximum atomic E-state index is 12.5. The van der Waals surface area contributed by atoms with Crippen LogP contribution in [-0.4, -0.2) is 16.2 Å². The zero-order valence-electron chi connectivity index (χ0n) is 22.6. The number of aromatic carboxylic acids is 1. The molecule has 0 unspecified atom stereocenters. The molecule has 0 saturated carbocycles. The number of aromatic hydroxyl groups is 1. The topological polar surface area (TPSA) is 106 Å². The Morgan fingerprint density at radius 2 is 1.40 bits per heavy atom. The molecule has 4 aromatic carbocycles. The number of phenolic OH excluding ortho intramolecular Hbond substituents is 1. The largest absolute Gasteiger partial charge is 0.507 e. The van der Waals surface area contributed by atoms with Crippen molar-refractivity contribution < 1.29 is 29.2 Å². The number of hydrogen-bond acceptors (Lipinski definition) is 6. The van der Waals surface area contributed by atoms with Gasteiger partial charge in [-0.25, -0.2) is 14.6 Å². The molecule has 0 aromatic heterocycles. The lowest BCUT2D eigenvalue weighted by Crippen LogP contribution is -2.51. The van der Waals surface area contributed by atoms with E-state index in [4.69, 9.17) is 25.8 Å². The molecule has 2 aliphatic carbocycles. The standard InChI is InChI=1S/C35H21ClO7/c1-34-22-10-4-6-12-24(22)35(43-42-34,25-13-7-5-11-23(25)34)26-14-20-30(16-28(26)37)41-31-17-29(38)27(36)15-21(31)32(20)18-8-2-3-9-19(18)33(39)40/h2-17,37H,1H3,(H,39,40). The maximum Gasteiger partial charge on any atom is 0.336 e. The van der Waals surface area contributed by atoms with E-state index in [0.29, 0.717) is 27.6 Å². The zero-order valence-corrected chi connectivity index (χ0v) is 23.3. The molecule has 9 rings (SSSR count). The summed E-state index contributed by atoms with van der Waals surface area (Å²) in [6, 6.07) is 28.1. The molecule has 0 saturated heterocycles. The monoisotopic (exact) mass is 588 g/mol. The second kappa shape index (κ2) is 8.78. The molecule has 4 aromatic rings. The molecule has 210 valence electrons. The summed E-state index contributed by atoms with van der Waals surface area (Å²) in [5, 5.41) is 22.3. The first kappa shape index (κ1) is 25.7. The van der Waals surface area contributed by atoms with E-state index in [1.165, 1.54) is 24.3 Å². The van der Waals surface area contributed by atoms with E-state index in [1.807, 2.05) is 55.5 Å². The third-order valence-corrected chi connectivity index (χ3v) is 8.97. The van der Waals surface area contributed by atoms with Crippen LogP contribution in [0.3, 0.4) is 0 Å². The molecular weight excluding hydrogens is 568 g/mol. The Labute approximate surface area is 249 Å². The molecule has 3 aliphatic heterocycles. The Morgan fingerprint density at radius 1 is 0.767 bits per heavy atom. The first-order valence-electron chi connectivity index (χ1n) is 13.6. The van der Waals surface area contributed by atoms with E-state index < -0.39 is 22.6 Å². The number of carbonyl (C=O) groups is 1. The van der Waals surface area contributed by atoms with E-state index in [2.05, 4.69) is 0 Å². The van der Waals surface area contributed by atoms with Crippen molar-refractivity contribution in [3.05, 3.63) is 146 Å². The summed E-state index contributed by atoms with van der Waals surface area (Å²) >= 11 is 6.31. The third kappa shape index (κ3) is 3.32. The van der Waals surface area contributed by atoms with Gasteiger partial charge in [-0.3, -0.25) is 4.79 Å². The van der Waals surface area contributed by atoms with E-state index in [0.717, 1.165) is 22.3 Å². The number of rotatable bonds is 3. The molecule has 43 heavy (non-hydrogen) atoms. The zero-order chi connectivity index (χ0) is 29.7. The fraction of sp³-hybridized carbons (Fsp3) is 0.0857. The van der Waals surface area contributed by atoms with Gasteiger partial charge in [-0.15, -0.1) is 0 Å². The van der Waals surface area contributed by atoms with Crippen molar-refractivity contribution in [3.8, 4) is 28.2 Å². The lowest BCUT2D eigenvalue weighted by molar-refractivity contribution is -0.415. The molecule has 0 fully saturated rings. The number of benzene rings is 5. The molecule has 7 nitrogen and oxygen atoms in total. The Kier molecular flexibility index (Phi) is 5.26. The second-order valence-electron chi connectivity index (χ2n) is 10.9. The summed E-state index contributed by atoms with van der Waals surface area (Å²) in [6.07, 6.45) is 0. The molecule has 2 bridgehead atoms. The highest BCUT2D eigenvalue weighted by Gasteiger charge is 2.58. The molecule has 2 N–H and O–H groups in total. The molecule has 0 amide bonds. The van der Waals surface area contributed by atoms with Crippen molar-refractivity contribution in [2.45, 2.75) is 18.1 Å². The van der Waals surface area contributed by atoms with Crippen molar-refractivity contribution in [3.63, 3.8) is 0 Å². The predicted molar refractivity (Wildman–Crippen MR) is 160 cm³/mol. The van der Waals surface area contributed by atoms with Crippen LogP contribution in [0.25, 0.3) is 33.4 Å². The van der Waals surface area contributed by atoms with Gasteiger partial charge in [0.25, 0.3) is 0 Å². The highest BCUT2D eigenvalue weighted by molar-refractivity contribution is 6.31. The molecule has 0 atom stereocenters. The van der Waals surface area contributed by atoms with Gasteiger partial charge in [-0.2, -0.15) is 0 Å². The van der Waals surface area contributed by atoms with Crippen molar-refractivity contribution in [2.24, 2.45) is 0 Å². The quantitative estimate of drug-likeness (QED) is 0.163. The van der Waals surface area contributed by atoms with Crippen LogP contribution >= 0.6 is 11.6 Å². The van der Waals surface area contributed by atoms with Crippen LogP contribution in [0, 0.1) is 0 Å². The van der Waals surface area contributed by atoms with Crippen LogP contribution in [-0.2, 0) is 21.0 Å². The van der Waals surface area contributed by atoms with Gasteiger partial charge in [0.05, 0.1) is 10.6 Å². The van der Waals surface area contributed by atoms with Crippen molar-refractivity contribution >= 4 is 28.5 Å².